The molecule has 1 aliphatic heterocycles. The van der Waals surface area contributed by atoms with Gasteiger partial charge in [-0.25, -0.2) is 4.98 Å². The van der Waals surface area contributed by atoms with E-state index in [0.717, 1.165) is 36.1 Å². The van der Waals surface area contributed by atoms with Crippen LogP contribution in [0.5, 0.6) is 0 Å². The van der Waals surface area contributed by atoms with E-state index in [-0.39, 0.29) is 6.61 Å². The van der Waals surface area contributed by atoms with Crippen LogP contribution in [0.25, 0.3) is 0 Å². The largest absolute Gasteiger partial charge is 0.392 e. The highest BCUT2D eigenvalue weighted by Gasteiger charge is 2.32. The lowest BCUT2D eigenvalue weighted by molar-refractivity contribution is 0.263. The standard InChI is InChI=1S/C15H24N2O/c1-11-12(10-18)5-6-14(16-11)17-8-7-13(9-17)15(2,3)4/h5-6,13,18H,7-10H2,1-4H3. The maximum Gasteiger partial charge on any atom is 0.128 e. The van der Waals surface area contributed by atoms with E-state index in [1.165, 1.54) is 6.42 Å². The van der Waals surface area contributed by atoms with Gasteiger partial charge < -0.3 is 10.0 Å². The molecule has 0 amide bonds. The summed E-state index contributed by atoms with van der Waals surface area (Å²) in [5.41, 5.74) is 2.23. The highest BCUT2D eigenvalue weighted by Crippen LogP contribution is 2.35. The molecule has 0 bridgehead atoms. The summed E-state index contributed by atoms with van der Waals surface area (Å²) in [6, 6.07) is 4.02. The zero-order valence-electron chi connectivity index (χ0n) is 11.9. The van der Waals surface area contributed by atoms with Gasteiger partial charge in [0, 0.05) is 18.8 Å². The van der Waals surface area contributed by atoms with Crippen LogP contribution in [0.1, 0.15) is 38.4 Å². The summed E-state index contributed by atoms with van der Waals surface area (Å²) in [6.45, 7) is 11.2. The van der Waals surface area contributed by atoms with Gasteiger partial charge in [0.15, 0.2) is 0 Å². The molecule has 18 heavy (non-hydrogen) atoms. The number of hydrogen-bond acceptors (Lipinski definition) is 3. The first-order valence-electron chi connectivity index (χ1n) is 6.74. The lowest BCUT2D eigenvalue weighted by Gasteiger charge is -2.27. The van der Waals surface area contributed by atoms with Gasteiger partial charge in [-0.2, -0.15) is 0 Å². The minimum atomic E-state index is 0.0731. The Morgan fingerprint density at radius 3 is 2.61 bits per heavy atom. The molecule has 3 nitrogen and oxygen atoms in total. The van der Waals surface area contributed by atoms with Gasteiger partial charge in [-0.3, -0.25) is 0 Å². The van der Waals surface area contributed by atoms with E-state index in [0.29, 0.717) is 5.41 Å². The predicted octanol–water partition coefficient (Wildman–Crippen LogP) is 2.75. The van der Waals surface area contributed by atoms with Crippen LogP contribution in [-0.4, -0.2) is 23.2 Å². The first kappa shape index (κ1) is 13.3. The van der Waals surface area contributed by atoms with Gasteiger partial charge in [-0.1, -0.05) is 26.8 Å². The summed E-state index contributed by atoms with van der Waals surface area (Å²) >= 11 is 0. The van der Waals surface area contributed by atoms with Crippen molar-refractivity contribution in [3.63, 3.8) is 0 Å². The van der Waals surface area contributed by atoms with Gasteiger partial charge in [0.05, 0.1) is 6.61 Å². The summed E-state index contributed by atoms with van der Waals surface area (Å²) in [5.74, 6) is 1.79. The normalized spacial score (nSPS) is 20.5. The number of rotatable bonds is 2. The van der Waals surface area contributed by atoms with E-state index in [1.54, 1.807) is 0 Å². The number of aromatic nitrogens is 1. The number of hydrogen-bond donors (Lipinski definition) is 1. The molecule has 1 atom stereocenters. The van der Waals surface area contributed by atoms with Gasteiger partial charge in [0.25, 0.3) is 0 Å². The molecule has 2 rings (SSSR count). The molecule has 1 fully saturated rings. The third kappa shape index (κ3) is 2.66. The quantitative estimate of drug-likeness (QED) is 0.874. The summed E-state index contributed by atoms with van der Waals surface area (Å²) < 4.78 is 0. The van der Waals surface area contributed by atoms with Crippen molar-refractivity contribution in [1.29, 1.82) is 0 Å². The van der Waals surface area contributed by atoms with E-state index in [2.05, 4.69) is 30.7 Å². The molecule has 0 spiro atoms. The molecule has 1 saturated heterocycles. The lowest BCUT2D eigenvalue weighted by atomic mass is 9.80. The second-order valence-electron chi connectivity index (χ2n) is 6.37. The van der Waals surface area contributed by atoms with Crippen LogP contribution in [0.4, 0.5) is 5.82 Å². The van der Waals surface area contributed by atoms with Gasteiger partial charge in [-0.15, -0.1) is 0 Å². The van der Waals surface area contributed by atoms with Crippen molar-refractivity contribution in [1.82, 2.24) is 4.98 Å². The molecule has 0 aromatic carbocycles. The van der Waals surface area contributed by atoms with E-state index < -0.39 is 0 Å². The Kier molecular flexibility index (Phi) is 3.62. The van der Waals surface area contributed by atoms with E-state index >= 15 is 0 Å². The highest BCUT2D eigenvalue weighted by atomic mass is 16.3. The van der Waals surface area contributed by atoms with Crippen LogP contribution in [0.3, 0.4) is 0 Å². The average molecular weight is 248 g/mol. The Morgan fingerprint density at radius 2 is 2.11 bits per heavy atom. The minimum Gasteiger partial charge on any atom is -0.392 e. The van der Waals surface area contributed by atoms with Crippen LogP contribution in [0.15, 0.2) is 12.1 Å². The van der Waals surface area contributed by atoms with E-state index in [1.807, 2.05) is 19.1 Å². The molecule has 1 unspecified atom stereocenters. The summed E-state index contributed by atoms with van der Waals surface area (Å²) in [5, 5.41) is 9.17. The second-order valence-corrected chi connectivity index (χ2v) is 6.37. The molecule has 1 aliphatic rings. The fraction of sp³-hybridized carbons (Fsp3) is 0.667. The van der Waals surface area contributed by atoms with Gasteiger partial charge in [0.1, 0.15) is 5.82 Å². The number of aliphatic hydroxyl groups is 1. The number of anilines is 1. The number of pyridine rings is 1. The predicted molar refractivity (Wildman–Crippen MR) is 74.7 cm³/mol. The topological polar surface area (TPSA) is 36.4 Å². The zero-order valence-corrected chi connectivity index (χ0v) is 11.9. The molecule has 1 N–H and O–H groups in total. The maximum atomic E-state index is 9.17. The third-order valence-electron chi connectivity index (χ3n) is 4.09. The molecule has 2 heterocycles. The van der Waals surface area contributed by atoms with Crippen molar-refractivity contribution < 1.29 is 5.11 Å². The lowest BCUT2D eigenvalue weighted by Crippen LogP contribution is -2.26. The summed E-state index contributed by atoms with van der Waals surface area (Å²) in [7, 11) is 0. The Hall–Kier alpha value is -1.09. The van der Waals surface area contributed by atoms with Crippen molar-refractivity contribution in [2.45, 2.75) is 40.7 Å². The first-order valence-corrected chi connectivity index (χ1v) is 6.74. The molecule has 100 valence electrons. The third-order valence-corrected chi connectivity index (χ3v) is 4.09. The van der Waals surface area contributed by atoms with Crippen molar-refractivity contribution in [3.8, 4) is 0 Å². The van der Waals surface area contributed by atoms with Crippen LogP contribution < -0.4 is 4.90 Å². The Bertz CT molecular complexity index is 423. The average Bonchev–Trinajstić information content (AvgIpc) is 2.77. The molecular formula is C15H24N2O. The highest BCUT2D eigenvalue weighted by molar-refractivity contribution is 5.42. The van der Waals surface area contributed by atoms with Crippen molar-refractivity contribution in [3.05, 3.63) is 23.4 Å². The Labute approximate surface area is 110 Å². The first-order chi connectivity index (χ1) is 8.41. The van der Waals surface area contributed by atoms with Crippen LogP contribution in [0, 0.1) is 18.3 Å². The van der Waals surface area contributed by atoms with Crippen LogP contribution in [0.2, 0.25) is 0 Å². The van der Waals surface area contributed by atoms with Crippen LogP contribution in [-0.2, 0) is 6.61 Å². The number of aryl methyl sites for hydroxylation is 1. The number of aliphatic hydroxyl groups excluding tert-OH is 1. The Balaban J connectivity index is 2.12. The van der Waals surface area contributed by atoms with Crippen molar-refractivity contribution in [2.75, 3.05) is 18.0 Å². The van der Waals surface area contributed by atoms with E-state index in [4.69, 9.17) is 5.11 Å². The fourth-order valence-corrected chi connectivity index (χ4v) is 2.60. The molecule has 1 aromatic heterocycles. The summed E-state index contributed by atoms with van der Waals surface area (Å²) in [4.78, 5) is 6.97. The minimum absolute atomic E-state index is 0.0731. The van der Waals surface area contributed by atoms with Gasteiger partial charge in [-0.05, 0) is 36.3 Å². The number of nitrogens with zero attached hydrogens (tertiary/aromatic N) is 2. The SMILES string of the molecule is Cc1nc(N2CCC(C(C)(C)C)C2)ccc1CO. The molecule has 0 radical (unpaired) electrons. The monoisotopic (exact) mass is 248 g/mol. The maximum absolute atomic E-state index is 9.17. The molecular weight excluding hydrogens is 224 g/mol. The van der Waals surface area contributed by atoms with E-state index in [9.17, 15) is 0 Å². The Morgan fingerprint density at radius 1 is 1.39 bits per heavy atom. The van der Waals surface area contributed by atoms with Crippen molar-refractivity contribution in [2.24, 2.45) is 11.3 Å². The fourth-order valence-electron chi connectivity index (χ4n) is 2.60. The zero-order chi connectivity index (χ0) is 13.3. The molecule has 0 saturated carbocycles. The molecule has 0 aliphatic carbocycles. The smallest absolute Gasteiger partial charge is 0.128 e. The molecule has 1 aromatic rings. The second kappa shape index (κ2) is 4.88. The van der Waals surface area contributed by atoms with Crippen LogP contribution >= 0.6 is 0 Å². The summed E-state index contributed by atoms with van der Waals surface area (Å²) in [6.07, 6.45) is 1.24. The van der Waals surface area contributed by atoms with Gasteiger partial charge in [0.2, 0.25) is 0 Å². The molecule has 3 heteroatoms. The van der Waals surface area contributed by atoms with Gasteiger partial charge >= 0.3 is 0 Å². The van der Waals surface area contributed by atoms with Crippen molar-refractivity contribution >= 4 is 5.82 Å².